The largest absolute Gasteiger partial charge is 0.494 e. The third-order valence-corrected chi connectivity index (χ3v) is 5.56. The molecule has 4 rings (SSSR count). The zero-order valence-corrected chi connectivity index (χ0v) is 20.6. The Bertz CT molecular complexity index is 1090. The van der Waals surface area contributed by atoms with E-state index in [0.717, 1.165) is 17.8 Å². The lowest BCUT2D eigenvalue weighted by Crippen LogP contribution is -2.11. The van der Waals surface area contributed by atoms with Crippen molar-refractivity contribution < 1.29 is 19.0 Å². The van der Waals surface area contributed by atoms with Crippen LogP contribution in [0.15, 0.2) is 54.9 Å². The molecule has 2 N–H and O–H groups in total. The van der Waals surface area contributed by atoms with Crippen molar-refractivity contribution in [2.24, 2.45) is 0 Å². The smallest absolute Gasteiger partial charge is 0.337 e. The van der Waals surface area contributed by atoms with Crippen molar-refractivity contribution in [2.75, 3.05) is 31.4 Å². The van der Waals surface area contributed by atoms with Gasteiger partial charge in [0, 0.05) is 37.7 Å². The molecule has 7 heteroatoms. The molecule has 1 aromatic heterocycles. The average Bonchev–Trinajstić information content (AvgIpc) is 2.89. The van der Waals surface area contributed by atoms with Crippen molar-refractivity contribution in [1.82, 2.24) is 4.98 Å². The second-order valence-corrected chi connectivity index (χ2v) is 7.51. The number of aromatic nitrogens is 1. The molecular formula is C27H34FN3O3. The number of aryl methyl sites for hydroxylation is 2. The number of benzene rings is 2. The zero-order valence-electron chi connectivity index (χ0n) is 20.6. The van der Waals surface area contributed by atoms with Crippen molar-refractivity contribution in [3.8, 4) is 5.75 Å². The molecule has 0 fully saturated rings. The summed E-state index contributed by atoms with van der Waals surface area (Å²) in [5.74, 6) is -1.01. The first-order chi connectivity index (χ1) is 16.4. The number of carboxylic acid groups (broad SMARTS) is 1. The molecule has 1 heterocycles. The molecule has 0 saturated carbocycles. The van der Waals surface area contributed by atoms with Crippen LogP contribution in [0.3, 0.4) is 0 Å². The molecule has 3 aromatic rings. The fraction of sp³-hybridized carbons (Fsp3) is 0.333. The highest BCUT2D eigenvalue weighted by Gasteiger charge is 2.13. The van der Waals surface area contributed by atoms with Gasteiger partial charge in [0.15, 0.2) is 11.6 Å². The summed E-state index contributed by atoms with van der Waals surface area (Å²) in [5.41, 5.74) is 5.73. The van der Waals surface area contributed by atoms with E-state index in [4.69, 9.17) is 9.84 Å². The van der Waals surface area contributed by atoms with Crippen LogP contribution in [-0.2, 0) is 12.8 Å². The first kappa shape index (κ1) is 26.6. The molecule has 1 aliphatic carbocycles. The van der Waals surface area contributed by atoms with E-state index in [1.807, 2.05) is 20.9 Å². The number of hydrogen-bond acceptors (Lipinski definition) is 5. The Morgan fingerprint density at radius 2 is 1.71 bits per heavy atom. The van der Waals surface area contributed by atoms with E-state index in [1.54, 1.807) is 19.2 Å². The number of ether oxygens (including phenoxy) is 1. The Hall–Kier alpha value is -3.61. The maximum Gasteiger partial charge on any atom is 0.337 e. The van der Waals surface area contributed by atoms with Crippen molar-refractivity contribution in [3.63, 3.8) is 0 Å². The highest BCUT2D eigenvalue weighted by Crippen LogP contribution is 2.31. The van der Waals surface area contributed by atoms with Gasteiger partial charge in [0.05, 0.1) is 24.6 Å². The minimum absolute atomic E-state index is 0.238. The number of halogens is 1. The summed E-state index contributed by atoms with van der Waals surface area (Å²) in [4.78, 5) is 16.4. The van der Waals surface area contributed by atoms with Crippen molar-refractivity contribution in [3.05, 3.63) is 77.4 Å². The number of anilines is 3. The normalized spacial score (nSPS) is 11.6. The molecule has 0 unspecified atom stereocenters. The van der Waals surface area contributed by atoms with Crippen LogP contribution in [0.2, 0.25) is 0 Å². The molecule has 0 spiro atoms. The number of fused-ring (bicyclic) bond motifs is 1. The lowest BCUT2D eigenvalue weighted by molar-refractivity contribution is 0.0698. The maximum absolute atomic E-state index is 13.5. The van der Waals surface area contributed by atoms with Gasteiger partial charge >= 0.3 is 5.97 Å². The van der Waals surface area contributed by atoms with Crippen LogP contribution in [0.4, 0.5) is 21.5 Å². The van der Waals surface area contributed by atoms with Crippen LogP contribution in [0.25, 0.3) is 0 Å². The minimum atomic E-state index is -0.947. The van der Waals surface area contributed by atoms with E-state index < -0.39 is 5.97 Å². The molecule has 0 bridgehead atoms. The van der Waals surface area contributed by atoms with Gasteiger partial charge < -0.3 is 20.1 Å². The molecule has 182 valence electrons. The van der Waals surface area contributed by atoms with E-state index in [0.29, 0.717) is 5.69 Å². The number of pyridine rings is 1. The Morgan fingerprint density at radius 3 is 2.32 bits per heavy atom. The van der Waals surface area contributed by atoms with Crippen LogP contribution in [-0.4, -0.2) is 37.3 Å². The Balaban J connectivity index is 0.000000266. The standard InChI is InChI=1S/C18H20FNO.C7H8N2O2.C2H6/c1-20(16-9-10-17(19)18(12-16)21-2)15-8-7-13-5-3-4-6-14(13)11-15;1-8-6-4-9-3-2-5(6)7(10)11;1-2/h7-12H,3-6H2,1-2H3;2-4,8H,1H3,(H,10,11);1-2H3. The van der Waals surface area contributed by atoms with E-state index in [2.05, 4.69) is 33.4 Å². The van der Waals surface area contributed by atoms with Gasteiger partial charge in [-0.15, -0.1) is 0 Å². The van der Waals surface area contributed by atoms with Crippen LogP contribution < -0.4 is 15.0 Å². The zero-order chi connectivity index (χ0) is 25.1. The summed E-state index contributed by atoms with van der Waals surface area (Å²) in [6.45, 7) is 4.00. The van der Waals surface area contributed by atoms with Gasteiger partial charge in [0.1, 0.15) is 0 Å². The number of nitrogens with one attached hydrogen (secondary N) is 1. The molecule has 0 aliphatic heterocycles. The predicted octanol–water partition coefficient (Wildman–Crippen LogP) is 6.33. The fourth-order valence-corrected chi connectivity index (χ4v) is 3.71. The Morgan fingerprint density at radius 1 is 1.06 bits per heavy atom. The summed E-state index contributed by atoms with van der Waals surface area (Å²) in [7, 11) is 5.14. The number of carbonyl (C=O) groups is 1. The molecule has 1 aliphatic rings. The summed E-state index contributed by atoms with van der Waals surface area (Å²) in [6.07, 6.45) is 7.82. The van der Waals surface area contributed by atoms with Crippen molar-refractivity contribution in [1.29, 1.82) is 0 Å². The number of carboxylic acids is 1. The van der Waals surface area contributed by atoms with Crippen molar-refractivity contribution >= 4 is 23.0 Å². The van der Waals surface area contributed by atoms with E-state index in [1.165, 1.54) is 62.0 Å². The third-order valence-electron chi connectivity index (χ3n) is 5.56. The molecule has 0 saturated heterocycles. The average molecular weight is 468 g/mol. The van der Waals surface area contributed by atoms with Crippen molar-refractivity contribution in [2.45, 2.75) is 39.5 Å². The summed E-state index contributed by atoms with van der Waals surface area (Å²) >= 11 is 0. The lowest BCUT2D eigenvalue weighted by Gasteiger charge is -2.23. The van der Waals surface area contributed by atoms with Gasteiger partial charge in [-0.3, -0.25) is 4.98 Å². The molecule has 0 radical (unpaired) electrons. The van der Waals surface area contributed by atoms with Gasteiger partial charge in [-0.2, -0.15) is 0 Å². The van der Waals surface area contributed by atoms with Gasteiger partial charge in [-0.05, 0) is 67.1 Å². The number of aromatic carboxylic acids is 1. The third kappa shape index (κ3) is 6.70. The number of rotatable bonds is 5. The quantitative estimate of drug-likeness (QED) is 0.457. The van der Waals surface area contributed by atoms with Crippen LogP contribution in [0, 0.1) is 5.82 Å². The molecule has 2 aromatic carbocycles. The Labute approximate surface area is 201 Å². The van der Waals surface area contributed by atoms with Gasteiger partial charge in [-0.1, -0.05) is 19.9 Å². The van der Waals surface area contributed by atoms with E-state index in [9.17, 15) is 9.18 Å². The van der Waals surface area contributed by atoms with Gasteiger partial charge in [0.25, 0.3) is 0 Å². The summed E-state index contributed by atoms with van der Waals surface area (Å²) in [6, 6.07) is 13.0. The van der Waals surface area contributed by atoms with E-state index in [-0.39, 0.29) is 17.1 Å². The predicted molar refractivity (Wildman–Crippen MR) is 136 cm³/mol. The maximum atomic E-state index is 13.5. The Kier molecular flexibility index (Phi) is 10.3. The number of nitrogens with zero attached hydrogens (tertiary/aromatic N) is 2. The van der Waals surface area contributed by atoms with Gasteiger partial charge in [-0.25, -0.2) is 9.18 Å². The van der Waals surface area contributed by atoms with Crippen LogP contribution >= 0.6 is 0 Å². The SMILES string of the molecule is CC.CNc1cnccc1C(=O)O.COc1cc(N(C)c2ccc3c(c2)CCCC3)ccc1F. The monoisotopic (exact) mass is 467 g/mol. The van der Waals surface area contributed by atoms with Crippen LogP contribution in [0.1, 0.15) is 48.2 Å². The summed E-state index contributed by atoms with van der Waals surface area (Å²) in [5, 5.41) is 11.4. The van der Waals surface area contributed by atoms with E-state index >= 15 is 0 Å². The number of hydrogen-bond donors (Lipinski definition) is 2. The topological polar surface area (TPSA) is 74.7 Å². The molecular weight excluding hydrogens is 433 g/mol. The molecule has 34 heavy (non-hydrogen) atoms. The first-order valence-corrected chi connectivity index (χ1v) is 11.5. The highest BCUT2D eigenvalue weighted by molar-refractivity contribution is 5.93. The lowest BCUT2D eigenvalue weighted by atomic mass is 9.91. The second-order valence-electron chi connectivity index (χ2n) is 7.51. The second kappa shape index (κ2) is 13.2. The minimum Gasteiger partial charge on any atom is -0.494 e. The molecule has 6 nitrogen and oxygen atoms in total. The molecule has 0 atom stereocenters. The summed E-state index contributed by atoms with van der Waals surface area (Å²) < 4.78 is 18.6. The molecule has 0 amide bonds. The van der Waals surface area contributed by atoms with Gasteiger partial charge in [0.2, 0.25) is 0 Å². The highest BCUT2D eigenvalue weighted by atomic mass is 19.1. The fourth-order valence-electron chi connectivity index (χ4n) is 3.71. The van der Waals surface area contributed by atoms with Crippen LogP contribution in [0.5, 0.6) is 5.75 Å². The first-order valence-electron chi connectivity index (χ1n) is 11.5. The number of methoxy groups -OCH3 is 1.